The van der Waals surface area contributed by atoms with E-state index < -0.39 is 12.9 Å². The van der Waals surface area contributed by atoms with Crippen LogP contribution in [0.4, 0.5) is 4.39 Å². The average Bonchev–Trinajstić information content (AvgIpc) is 2.67. The zero-order chi connectivity index (χ0) is 15.2. The predicted octanol–water partition coefficient (Wildman–Crippen LogP) is 1.91. The van der Waals surface area contributed by atoms with Gasteiger partial charge in [-0.3, -0.25) is 4.90 Å². The smallest absolute Gasteiger partial charge is 0.423 e. The van der Waals surface area contributed by atoms with E-state index in [1.807, 2.05) is 0 Å². The first kappa shape index (κ1) is 16.5. The van der Waals surface area contributed by atoms with Crippen LogP contribution in [0.15, 0.2) is 18.2 Å². The molecular weight excluding hydrogens is 268 g/mol. The minimum absolute atomic E-state index is 0.0359. The lowest BCUT2D eigenvalue weighted by Crippen LogP contribution is -2.33. The lowest BCUT2D eigenvalue weighted by atomic mass is 9.79. The molecule has 1 aromatic carbocycles. The van der Waals surface area contributed by atoms with Gasteiger partial charge in [-0.1, -0.05) is 31.9 Å². The Kier molecular flexibility index (Phi) is 6.21. The highest BCUT2D eigenvalue weighted by molar-refractivity contribution is 6.58. The van der Waals surface area contributed by atoms with Crippen LogP contribution in [0.5, 0.6) is 0 Å². The molecule has 3 nitrogen and oxygen atoms in total. The highest BCUT2D eigenvalue weighted by Crippen LogP contribution is 2.22. The standard InChI is InChI=1S/C16H25BFNO2/c1-2-4-13-5-3-9-19(10-8-13)12-14-6-7-16(18)15(11-14)17(20)21/h6-7,11,13,20-21H,2-5,8-10,12H2,1H3. The second kappa shape index (κ2) is 7.92. The number of hydrogen-bond acceptors (Lipinski definition) is 3. The molecule has 0 bridgehead atoms. The third-order valence-electron chi connectivity index (χ3n) is 4.38. The molecule has 0 saturated carbocycles. The Morgan fingerprint density at radius 1 is 1.29 bits per heavy atom. The number of halogens is 1. The second-order valence-electron chi connectivity index (χ2n) is 6.09. The maximum Gasteiger partial charge on any atom is 0.491 e. The van der Waals surface area contributed by atoms with Gasteiger partial charge in [-0.25, -0.2) is 4.39 Å². The van der Waals surface area contributed by atoms with E-state index in [0.717, 1.165) is 31.1 Å². The molecule has 5 heteroatoms. The van der Waals surface area contributed by atoms with Crippen LogP contribution in [-0.4, -0.2) is 35.2 Å². The van der Waals surface area contributed by atoms with Gasteiger partial charge in [0.1, 0.15) is 5.82 Å². The molecule has 0 amide bonds. The third kappa shape index (κ3) is 4.80. The largest absolute Gasteiger partial charge is 0.491 e. The lowest BCUT2D eigenvalue weighted by Gasteiger charge is -2.20. The van der Waals surface area contributed by atoms with Crippen LogP contribution < -0.4 is 5.46 Å². The molecule has 1 heterocycles. The zero-order valence-corrected chi connectivity index (χ0v) is 12.8. The minimum atomic E-state index is -1.75. The first-order valence-electron chi connectivity index (χ1n) is 7.97. The highest BCUT2D eigenvalue weighted by atomic mass is 19.1. The Morgan fingerprint density at radius 2 is 2.10 bits per heavy atom. The molecule has 1 fully saturated rings. The molecule has 1 aliphatic rings. The molecule has 0 radical (unpaired) electrons. The summed E-state index contributed by atoms with van der Waals surface area (Å²) in [5, 5.41) is 18.4. The van der Waals surface area contributed by atoms with Gasteiger partial charge in [0, 0.05) is 12.0 Å². The molecule has 1 saturated heterocycles. The molecule has 1 aliphatic heterocycles. The molecule has 0 aromatic heterocycles. The summed E-state index contributed by atoms with van der Waals surface area (Å²) < 4.78 is 13.5. The summed E-state index contributed by atoms with van der Waals surface area (Å²) >= 11 is 0. The molecule has 0 aliphatic carbocycles. The normalized spacial score (nSPS) is 20.3. The van der Waals surface area contributed by atoms with E-state index >= 15 is 0 Å². The maximum absolute atomic E-state index is 13.5. The van der Waals surface area contributed by atoms with Crippen LogP contribution in [0.3, 0.4) is 0 Å². The summed E-state index contributed by atoms with van der Waals surface area (Å²) in [5.74, 6) is 0.274. The van der Waals surface area contributed by atoms with Crippen molar-refractivity contribution in [3.05, 3.63) is 29.6 Å². The van der Waals surface area contributed by atoms with E-state index in [-0.39, 0.29) is 5.46 Å². The number of likely N-dealkylation sites (tertiary alicyclic amines) is 1. The Hall–Kier alpha value is -0.905. The van der Waals surface area contributed by atoms with Gasteiger partial charge in [-0.15, -0.1) is 0 Å². The third-order valence-corrected chi connectivity index (χ3v) is 4.38. The van der Waals surface area contributed by atoms with Crippen molar-refractivity contribution in [1.82, 2.24) is 4.90 Å². The fourth-order valence-corrected chi connectivity index (χ4v) is 3.23. The Labute approximate surface area is 126 Å². The van der Waals surface area contributed by atoms with E-state index in [1.54, 1.807) is 12.1 Å². The van der Waals surface area contributed by atoms with Gasteiger partial charge >= 0.3 is 7.12 Å². The van der Waals surface area contributed by atoms with Crippen LogP contribution in [0.2, 0.25) is 0 Å². The number of hydrogen-bond donors (Lipinski definition) is 2. The summed E-state index contributed by atoms with van der Waals surface area (Å²) in [6, 6.07) is 4.62. The molecule has 1 unspecified atom stereocenters. The fraction of sp³-hybridized carbons (Fsp3) is 0.625. The number of nitrogens with zero attached hydrogens (tertiary/aromatic N) is 1. The van der Waals surface area contributed by atoms with Gasteiger partial charge in [0.15, 0.2) is 0 Å². The molecule has 116 valence electrons. The van der Waals surface area contributed by atoms with Crippen molar-refractivity contribution in [2.75, 3.05) is 13.1 Å². The quantitative estimate of drug-likeness (QED) is 0.815. The summed E-state index contributed by atoms with van der Waals surface area (Å²) in [5.41, 5.74) is 0.902. The fourth-order valence-electron chi connectivity index (χ4n) is 3.23. The van der Waals surface area contributed by atoms with Crippen LogP contribution in [0, 0.1) is 11.7 Å². The molecular formula is C16H25BFNO2. The van der Waals surface area contributed by atoms with Crippen LogP contribution >= 0.6 is 0 Å². The number of benzene rings is 1. The average molecular weight is 293 g/mol. The topological polar surface area (TPSA) is 43.7 Å². The van der Waals surface area contributed by atoms with Crippen LogP contribution in [0.1, 0.15) is 44.6 Å². The van der Waals surface area contributed by atoms with Crippen LogP contribution in [-0.2, 0) is 6.54 Å². The molecule has 1 aromatic rings. The molecule has 2 N–H and O–H groups in total. The lowest BCUT2D eigenvalue weighted by molar-refractivity contribution is 0.271. The Morgan fingerprint density at radius 3 is 2.81 bits per heavy atom. The maximum atomic E-state index is 13.5. The zero-order valence-electron chi connectivity index (χ0n) is 12.8. The molecule has 21 heavy (non-hydrogen) atoms. The Balaban J connectivity index is 1.97. The molecule has 2 rings (SSSR count). The van der Waals surface area contributed by atoms with E-state index in [2.05, 4.69) is 11.8 Å². The van der Waals surface area contributed by atoms with Gasteiger partial charge < -0.3 is 10.0 Å². The van der Waals surface area contributed by atoms with Crippen molar-refractivity contribution in [1.29, 1.82) is 0 Å². The van der Waals surface area contributed by atoms with E-state index in [4.69, 9.17) is 0 Å². The van der Waals surface area contributed by atoms with Gasteiger partial charge in [-0.05, 0) is 49.9 Å². The Bertz CT molecular complexity index is 456. The van der Waals surface area contributed by atoms with Gasteiger partial charge in [0.2, 0.25) is 0 Å². The molecule has 0 spiro atoms. The van der Waals surface area contributed by atoms with Gasteiger partial charge in [0.05, 0.1) is 0 Å². The number of rotatable bonds is 5. The first-order chi connectivity index (χ1) is 10.1. The second-order valence-corrected chi connectivity index (χ2v) is 6.09. The van der Waals surface area contributed by atoms with E-state index in [1.165, 1.54) is 38.2 Å². The first-order valence-corrected chi connectivity index (χ1v) is 7.97. The minimum Gasteiger partial charge on any atom is -0.423 e. The highest BCUT2D eigenvalue weighted by Gasteiger charge is 2.19. The summed E-state index contributed by atoms with van der Waals surface area (Å²) in [7, 11) is -1.75. The summed E-state index contributed by atoms with van der Waals surface area (Å²) in [6.45, 7) is 5.12. The van der Waals surface area contributed by atoms with Crippen molar-refractivity contribution >= 4 is 12.6 Å². The molecule has 1 atom stereocenters. The van der Waals surface area contributed by atoms with Crippen molar-refractivity contribution in [2.24, 2.45) is 5.92 Å². The van der Waals surface area contributed by atoms with Crippen molar-refractivity contribution in [3.8, 4) is 0 Å². The summed E-state index contributed by atoms with van der Waals surface area (Å²) in [6.07, 6.45) is 6.30. The van der Waals surface area contributed by atoms with Crippen molar-refractivity contribution in [2.45, 2.75) is 45.6 Å². The van der Waals surface area contributed by atoms with Gasteiger partial charge in [-0.2, -0.15) is 0 Å². The van der Waals surface area contributed by atoms with Crippen molar-refractivity contribution in [3.63, 3.8) is 0 Å². The monoisotopic (exact) mass is 293 g/mol. The van der Waals surface area contributed by atoms with Gasteiger partial charge in [0.25, 0.3) is 0 Å². The van der Waals surface area contributed by atoms with E-state index in [9.17, 15) is 14.4 Å². The SMILES string of the molecule is CCCC1CCCN(Cc2ccc(F)c(B(O)O)c2)CC1. The van der Waals surface area contributed by atoms with Crippen molar-refractivity contribution < 1.29 is 14.4 Å². The van der Waals surface area contributed by atoms with Crippen LogP contribution in [0.25, 0.3) is 0 Å². The predicted molar refractivity (Wildman–Crippen MR) is 83.8 cm³/mol. The van der Waals surface area contributed by atoms with E-state index in [0.29, 0.717) is 0 Å². The summed E-state index contributed by atoms with van der Waals surface area (Å²) in [4.78, 5) is 2.39.